The molecule has 0 radical (unpaired) electrons. The third-order valence-electron chi connectivity index (χ3n) is 4.57. The molecule has 5 nitrogen and oxygen atoms in total. The molecule has 0 aliphatic heterocycles. The van der Waals surface area contributed by atoms with Gasteiger partial charge in [0, 0.05) is 23.5 Å². The summed E-state index contributed by atoms with van der Waals surface area (Å²) in [5.74, 6) is -0.0330. The SMILES string of the molecule is CCNCc1cccc(NC(=O)Cc2c(C)nn(-c3ccccc3)c2C)c1. The van der Waals surface area contributed by atoms with Gasteiger partial charge >= 0.3 is 0 Å². The maximum absolute atomic E-state index is 12.6. The van der Waals surface area contributed by atoms with Crippen LogP contribution in [0.2, 0.25) is 0 Å². The van der Waals surface area contributed by atoms with Crippen molar-refractivity contribution >= 4 is 11.6 Å². The number of rotatable bonds is 7. The van der Waals surface area contributed by atoms with Crippen molar-refractivity contribution in [2.24, 2.45) is 0 Å². The van der Waals surface area contributed by atoms with E-state index in [0.29, 0.717) is 6.42 Å². The van der Waals surface area contributed by atoms with Gasteiger partial charge < -0.3 is 10.6 Å². The first kappa shape index (κ1) is 18.9. The van der Waals surface area contributed by atoms with Crippen molar-refractivity contribution < 1.29 is 4.79 Å². The van der Waals surface area contributed by atoms with Crippen LogP contribution in [0.15, 0.2) is 54.6 Å². The molecule has 0 saturated heterocycles. The Morgan fingerprint density at radius 2 is 1.85 bits per heavy atom. The summed E-state index contributed by atoms with van der Waals surface area (Å²) in [6.07, 6.45) is 0.307. The topological polar surface area (TPSA) is 58.9 Å². The Morgan fingerprint density at radius 3 is 2.59 bits per heavy atom. The number of hydrogen-bond acceptors (Lipinski definition) is 3. The van der Waals surface area contributed by atoms with E-state index in [-0.39, 0.29) is 5.91 Å². The van der Waals surface area contributed by atoms with Crippen molar-refractivity contribution in [3.05, 3.63) is 77.1 Å². The minimum absolute atomic E-state index is 0.0330. The van der Waals surface area contributed by atoms with Gasteiger partial charge in [0.25, 0.3) is 0 Å². The number of aromatic nitrogens is 2. The standard InChI is InChI=1S/C22H26N4O/c1-4-23-15-18-9-8-10-19(13-18)24-22(27)14-21-16(2)25-26(17(21)3)20-11-6-5-7-12-20/h5-13,23H,4,14-15H2,1-3H3,(H,24,27). The van der Waals surface area contributed by atoms with Crippen molar-refractivity contribution in [3.8, 4) is 5.69 Å². The van der Waals surface area contributed by atoms with Gasteiger partial charge in [0.2, 0.25) is 5.91 Å². The molecule has 3 aromatic rings. The predicted molar refractivity (Wildman–Crippen MR) is 109 cm³/mol. The van der Waals surface area contributed by atoms with Crippen LogP contribution in [0.3, 0.4) is 0 Å². The summed E-state index contributed by atoms with van der Waals surface area (Å²) in [7, 11) is 0. The average Bonchev–Trinajstić information content (AvgIpc) is 2.95. The van der Waals surface area contributed by atoms with Gasteiger partial charge in [-0.15, -0.1) is 0 Å². The van der Waals surface area contributed by atoms with Gasteiger partial charge in [0.15, 0.2) is 0 Å². The van der Waals surface area contributed by atoms with E-state index >= 15 is 0 Å². The predicted octanol–water partition coefficient (Wildman–Crippen LogP) is 3.78. The minimum Gasteiger partial charge on any atom is -0.326 e. The molecule has 0 atom stereocenters. The second kappa shape index (κ2) is 8.64. The van der Waals surface area contributed by atoms with E-state index in [1.807, 2.05) is 67.1 Å². The summed E-state index contributed by atoms with van der Waals surface area (Å²) < 4.78 is 1.90. The molecule has 0 fully saturated rings. The molecule has 2 N–H and O–H groups in total. The van der Waals surface area contributed by atoms with Crippen molar-refractivity contribution in [1.29, 1.82) is 0 Å². The zero-order valence-corrected chi connectivity index (χ0v) is 16.1. The first-order chi connectivity index (χ1) is 13.1. The number of carbonyl (C=O) groups is 1. The number of para-hydroxylation sites is 1. The maximum Gasteiger partial charge on any atom is 0.228 e. The molecule has 1 aromatic heterocycles. The molecule has 0 saturated carbocycles. The number of aryl methyl sites for hydroxylation is 1. The van der Waals surface area contributed by atoms with Gasteiger partial charge in [0.1, 0.15) is 0 Å². The summed E-state index contributed by atoms with van der Waals surface area (Å²) >= 11 is 0. The first-order valence-corrected chi connectivity index (χ1v) is 9.28. The third-order valence-corrected chi connectivity index (χ3v) is 4.57. The third kappa shape index (κ3) is 4.63. The number of nitrogens with zero attached hydrogens (tertiary/aromatic N) is 2. The molecule has 0 unspecified atom stereocenters. The van der Waals surface area contributed by atoms with Crippen LogP contribution < -0.4 is 10.6 Å². The van der Waals surface area contributed by atoms with E-state index < -0.39 is 0 Å². The first-order valence-electron chi connectivity index (χ1n) is 9.28. The Labute approximate surface area is 160 Å². The maximum atomic E-state index is 12.6. The van der Waals surface area contributed by atoms with Gasteiger partial charge in [-0.3, -0.25) is 4.79 Å². The highest BCUT2D eigenvalue weighted by atomic mass is 16.1. The Morgan fingerprint density at radius 1 is 1.07 bits per heavy atom. The Balaban J connectivity index is 1.72. The van der Waals surface area contributed by atoms with Gasteiger partial charge in [0.05, 0.1) is 17.8 Å². The molecular formula is C22H26N4O. The highest BCUT2D eigenvalue weighted by molar-refractivity contribution is 5.92. The smallest absolute Gasteiger partial charge is 0.228 e. The number of benzene rings is 2. The number of anilines is 1. The second-order valence-corrected chi connectivity index (χ2v) is 6.60. The van der Waals surface area contributed by atoms with Crippen LogP contribution in [0.5, 0.6) is 0 Å². The summed E-state index contributed by atoms with van der Waals surface area (Å²) in [5, 5.41) is 10.9. The molecule has 140 valence electrons. The van der Waals surface area contributed by atoms with Gasteiger partial charge in [-0.1, -0.05) is 37.3 Å². The van der Waals surface area contributed by atoms with Crippen LogP contribution in [-0.2, 0) is 17.8 Å². The molecule has 0 aliphatic carbocycles. The normalized spacial score (nSPS) is 10.8. The van der Waals surface area contributed by atoms with Gasteiger partial charge in [-0.05, 0) is 50.2 Å². The summed E-state index contributed by atoms with van der Waals surface area (Å²) in [4.78, 5) is 12.6. The highest BCUT2D eigenvalue weighted by Gasteiger charge is 2.16. The molecule has 2 aromatic carbocycles. The largest absolute Gasteiger partial charge is 0.326 e. The van der Waals surface area contributed by atoms with Crippen molar-refractivity contribution in [2.75, 3.05) is 11.9 Å². The molecule has 0 aliphatic rings. The number of nitrogens with one attached hydrogen (secondary N) is 2. The summed E-state index contributed by atoms with van der Waals surface area (Å²) in [5.41, 5.74) is 5.82. The molecule has 5 heteroatoms. The van der Waals surface area contributed by atoms with E-state index in [2.05, 4.69) is 28.7 Å². The molecule has 0 bridgehead atoms. The fourth-order valence-corrected chi connectivity index (χ4v) is 3.15. The Kier molecular flexibility index (Phi) is 6.04. The van der Waals surface area contributed by atoms with Crippen LogP contribution in [-0.4, -0.2) is 22.2 Å². The van der Waals surface area contributed by atoms with Gasteiger partial charge in [-0.25, -0.2) is 4.68 Å². The lowest BCUT2D eigenvalue weighted by Gasteiger charge is -2.09. The molecule has 0 spiro atoms. The Hall–Kier alpha value is -2.92. The number of hydrogen-bond donors (Lipinski definition) is 2. The van der Waals surface area contributed by atoms with Crippen LogP contribution in [0.25, 0.3) is 5.69 Å². The zero-order chi connectivity index (χ0) is 19.2. The van der Waals surface area contributed by atoms with E-state index in [1.165, 1.54) is 0 Å². The number of amides is 1. The highest BCUT2D eigenvalue weighted by Crippen LogP contribution is 2.19. The van der Waals surface area contributed by atoms with Crippen LogP contribution in [0.1, 0.15) is 29.4 Å². The fraction of sp³-hybridized carbons (Fsp3) is 0.273. The lowest BCUT2D eigenvalue weighted by molar-refractivity contribution is -0.115. The van der Waals surface area contributed by atoms with Crippen molar-refractivity contribution in [1.82, 2.24) is 15.1 Å². The van der Waals surface area contributed by atoms with Crippen LogP contribution in [0.4, 0.5) is 5.69 Å². The monoisotopic (exact) mass is 362 g/mol. The van der Waals surface area contributed by atoms with E-state index in [4.69, 9.17) is 0 Å². The molecule has 1 heterocycles. The molecular weight excluding hydrogens is 336 g/mol. The number of carbonyl (C=O) groups excluding carboxylic acids is 1. The summed E-state index contributed by atoms with van der Waals surface area (Å²) in [6.45, 7) is 7.74. The lowest BCUT2D eigenvalue weighted by Crippen LogP contribution is -2.16. The van der Waals surface area contributed by atoms with E-state index in [9.17, 15) is 4.79 Å². The molecule has 27 heavy (non-hydrogen) atoms. The fourth-order valence-electron chi connectivity index (χ4n) is 3.15. The van der Waals surface area contributed by atoms with Crippen LogP contribution in [0, 0.1) is 13.8 Å². The zero-order valence-electron chi connectivity index (χ0n) is 16.1. The minimum atomic E-state index is -0.0330. The van der Waals surface area contributed by atoms with E-state index in [1.54, 1.807) is 0 Å². The Bertz CT molecular complexity index is 915. The molecule has 1 amide bonds. The van der Waals surface area contributed by atoms with Crippen molar-refractivity contribution in [3.63, 3.8) is 0 Å². The average molecular weight is 362 g/mol. The lowest BCUT2D eigenvalue weighted by atomic mass is 10.1. The quantitative estimate of drug-likeness (QED) is 0.672. The van der Waals surface area contributed by atoms with E-state index in [0.717, 1.165) is 47.0 Å². The van der Waals surface area contributed by atoms with Gasteiger partial charge in [-0.2, -0.15) is 5.10 Å². The summed E-state index contributed by atoms with van der Waals surface area (Å²) in [6, 6.07) is 17.9. The molecule has 3 rings (SSSR count). The second-order valence-electron chi connectivity index (χ2n) is 6.60. The van der Waals surface area contributed by atoms with Crippen molar-refractivity contribution in [2.45, 2.75) is 33.7 Å². The van der Waals surface area contributed by atoms with Crippen LogP contribution >= 0.6 is 0 Å².